The molecule has 1 heterocycles. The molecule has 1 aliphatic rings. The van der Waals surface area contributed by atoms with Crippen molar-refractivity contribution < 1.29 is 14.2 Å². The van der Waals surface area contributed by atoms with Crippen LogP contribution >= 0.6 is 0 Å². The Morgan fingerprint density at radius 1 is 1.06 bits per heavy atom. The van der Waals surface area contributed by atoms with Crippen LogP contribution in [0.3, 0.4) is 0 Å². The predicted octanol–water partition coefficient (Wildman–Crippen LogP) is 1.79. The molecule has 0 aliphatic carbocycles. The number of methoxy groups -OCH3 is 3. The van der Waals surface area contributed by atoms with E-state index in [0.29, 0.717) is 5.92 Å². The summed E-state index contributed by atoms with van der Waals surface area (Å²) in [5.41, 5.74) is 1.11. The average molecular weight is 237 g/mol. The summed E-state index contributed by atoms with van der Waals surface area (Å²) in [4.78, 5) is 0. The molecule has 1 aliphatic heterocycles. The minimum absolute atomic E-state index is 0.426. The maximum Gasteiger partial charge on any atom is 0.167 e. The standard InChI is InChI=1S/C13H19NO3/c1-15-10-4-5-11(16-2)13(17-3)12(10)9-6-7-14-8-9/h4-5,9,14H,6-8H2,1-3H3. The second-order valence-electron chi connectivity index (χ2n) is 4.11. The highest BCUT2D eigenvalue weighted by atomic mass is 16.5. The molecule has 1 atom stereocenters. The summed E-state index contributed by atoms with van der Waals surface area (Å²) in [7, 11) is 5.01. The molecule has 1 aromatic rings. The van der Waals surface area contributed by atoms with Crippen LogP contribution in [0.5, 0.6) is 17.2 Å². The van der Waals surface area contributed by atoms with Crippen molar-refractivity contribution in [3.63, 3.8) is 0 Å². The predicted molar refractivity (Wildman–Crippen MR) is 66.3 cm³/mol. The summed E-state index contributed by atoms with van der Waals surface area (Å²) >= 11 is 0. The smallest absolute Gasteiger partial charge is 0.167 e. The Bertz CT molecular complexity index is 386. The Labute approximate surface area is 102 Å². The van der Waals surface area contributed by atoms with Crippen LogP contribution in [0.15, 0.2) is 12.1 Å². The number of benzene rings is 1. The van der Waals surface area contributed by atoms with E-state index in [4.69, 9.17) is 14.2 Å². The highest BCUT2D eigenvalue weighted by Gasteiger charge is 2.26. The third kappa shape index (κ3) is 2.17. The van der Waals surface area contributed by atoms with Gasteiger partial charge in [-0.15, -0.1) is 0 Å². The first-order valence-electron chi connectivity index (χ1n) is 5.81. The lowest BCUT2D eigenvalue weighted by Crippen LogP contribution is -2.10. The van der Waals surface area contributed by atoms with Gasteiger partial charge in [-0.1, -0.05) is 0 Å². The van der Waals surface area contributed by atoms with Crippen LogP contribution in [0.25, 0.3) is 0 Å². The van der Waals surface area contributed by atoms with Crippen molar-refractivity contribution in [1.29, 1.82) is 0 Å². The molecule has 0 saturated carbocycles. The van der Waals surface area contributed by atoms with Gasteiger partial charge in [0.15, 0.2) is 11.5 Å². The van der Waals surface area contributed by atoms with E-state index in [1.165, 1.54) is 0 Å². The van der Waals surface area contributed by atoms with Gasteiger partial charge >= 0.3 is 0 Å². The molecule has 1 fully saturated rings. The molecule has 0 amide bonds. The summed E-state index contributed by atoms with van der Waals surface area (Å²) in [6.07, 6.45) is 1.10. The first-order valence-corrected chi connectivity index (χ1v) is 5.81. The molecule has 1 saturated heterocycles. The first-order chi connectivity index (χ1) is 8.31. The van der Waals surface area contributed by atoms with Crippen LogP contribution in [-0.2, 0) is 0 Å². The summed E-state index contributed by atoms with van der Waals surface area (Å²) < 4.78 is 16.3. The second-order valence-corrected chi connectivity index (χ2v) is 4.11. The van der Waals surface area contributed by atoms with E-state index in [0.717, 1.165) is 42.3 Å². The van der Waals surface area contributed by atoms with E-state index in [1.807, 2.05) is 12.1 Å². The van der Waals surface area contributed by atoms with E-state index in [9.17, 15) is 0 Å². The number of hydrogen-bond acceptors (Lipinski definition) is 4. The van der Waals surface area contributed by atoms with Crippen molar-refractivity contribution in [3.05, 3.63) is 17.7 Å². The quantitative estimate of drug-likeness (QED) is 0.866. The van der Waals surface area contributed by atoms with Gasteiger partial charge in [-0.25, -0.2) is 0 Å². The third-order valence-corrected chi connectivity index (χ3v) is 3.23. The molecular formula is C13H19NO3. The average Bonchev–Trinajstić information content (AvgIpc) is 2.90. The fraction of sp³-hybridized carbons (Fsp3) is 0.538. The van der Waals surface area contributed by atoms with Gasteiger partial charge in [-0.2, -0.15) is 0 Å². The molecule has 2 rings (SSSR count). The molecular weight excluding hydrogens is 218 g/mol. The van der Waals surface area contributed by atoms with Crippen molar-refractivity contribution in [3.8, 4) is 17.2 Å². The lowest BCUT2D eigenvalue weighted by atomic mass is 9.96. The molecule has 1 N–H and O–H groups in total. The Morgan fingerprint density at radius 2 is 1.76 bits per heavy atom. The summed E-state index contributed by atoms with van der Waals surface area (Å²) in [5.74, 6) is 2.85. The van der Waals surface area contributed by atoms with Crippen molar-refractivity contribution >= 4 is 0 Å². The zero-order chi connectivity index (χ0) is 12.3. The van der Waals surface area contributed by atoms with E-state index in [1.54, 1.807) is 21.3 Å². The van der Waals surface area contributed by atoms with Gasteiger partial charge in [0.05, 0.1) is 21.3 Å². The Kier molecular flexibility index (Phi) is 3.74. The van der Waals surface area contributed by atoms with Crippen LogP contribution in [0, 0.1) is 0 Å². The first kappa shape index (κ1) is 12.0. The van der Waals surface area contributed by atoms with Crippen molar-refractivity contribution in [2.24, 2.45) is 0 Å². The number of nitrogens with one attached hydrogen (secondary N) is 1. The van der Waals surface area contributed by atoms with Crippen LogP contribution in [0.1, 0.15) is 17.9 Å². The maximum atomic E-state index is 5.49. The van der Waals surface area contributed by atoms with Gasteiger partial charge in [0.2, 0.25) is 0 Å². The Balaban J connectivity index is 2.49. The van der Waals surface area contributed by atoms with Gasteiger partial charge in [-0.05, 0) is 25.1 Å². The van der Waals surface area contributed by atoms with Crippen molar-refractivity contribution in [2.45, 2.75) is 12.3 Å². The normalized spacial score (nSPS) is 19.1. The summed E-state index contributed by atoms with van der Waals surface area (Å²) in [5, 5.41) is 3.36. The van der Waals surface area contributed by atoms with E-state index < -0.39 is 0 Å². The van der Waals surface area contributed by atoms with Crippen LogP contribution < -0.4 is 19.5 Å². The lowest BCUT2D eigenvalue weighted by molar-refractivity contribution is 0.340. The highest BCUT2D eigenvalue weighted by Crippen LogP contribution is 2.43. The second kappa shape index (κ2) is 5.27. The Hall–Kier alpha value is -1.42. The van der Waals surface area contributed by atoms with Gasteiger partial charge in [0.25, 0.3) is 0 Å². The zero-order valence-electron chi connectivity index (χ0n) is 10.6. The lowest BCUT2D eigenvalue weighted by Gasteiger charge is -2.19. The van der Waals surface area contributed by atoms with E-state index >= 15 is 0 Å². The summed E-state index contributed by atoms with van der Waals surface area (Å²) in [6.45, 7) is 1.99. The minimum atomic E-state index is 0.426. The number of hydrogen-bond donors (Lipinski definition) is 1. The topological polar surface area (TPSA) is 39.7 Å². The van der Waals surface area contributed by atoms with E-state index in [2.05, 4.69) is 5.32 Å². The molecule has 4 heteroatoms. The maximum absolute atomic E-state index is 5.49. The minimum Gasteiger partial charge on any atom is -0.496 e. The monoisotopic (exact) mass is 237 g/mol. The molecule has 0 spiro atoms. The van der Waals surface area contributed by atoms with Crippen molar-refractivity contribution in [2.75, 3.05) is 34.4 Å². The van der Waals surface area contributed by atoms with Crippen LogP contribution in [0.4, 0.5) is 0 Å². The number of ether oxygens (including phenoxy) is 3. The van der Waals surface area contributed by atoms with Gasteiger partial charge in [-0.3, -0.25) is 0 Å². The molecule has 17 heavy (non-hydrogen) atoms. The third-order valence-electron chi connectivity index (χ3n) is 3.23. The van der Waals surface area contributed by atoms with Gasteiger partial charge in [0, 0.05) is 18.0 Å². The largest absolute Gasteiger partial charge is 0.496 e. The molecule has 0 radical (unpaired) electrons. The van der Waals surface area contributed by atoms with Gasteiger partial charge in [0.1, 0.15) is 5.75 Å². The van der Waals surface area contributed by atoms with Crippen LogP contribution in [0.2, 0.25) is 0 Å². The molecule has 1 aromatic carbocycles. The summed E-state index contributed by atoms with van der Waals surface area (Å²) in [6, 6.07) is 3.82. The zero-order valence-corrected chi connectivity index (χ0v) is 10.6. The molecule has 94 valence electrons. The number of rotatable bonds is 4. The SMILES string of the molecule is COc1ccc(OC)c(C2CCNC2)c1OC. The van der Waals surface area contributed by atoms with E-state index in [-0.39, 0.29) is 0 Å². The molecule has 4 nitrogen and oxygen atoms in total. The van der Waals surface area contributed by atoms with Crippen molar-refractivity contribution in [1.82, 2.24) is 5.32 Å². The highest BCUT2D eigenvalue weighted by molar-refractivity contribution is 5.56. The van der Waals surface area contributed by atoms with Crippen LogP contribution in [-0.4, -0.2) is 34.4 Å². The fourth-order valence-corrected chi connectivity index (χ4v) is 2.40. The van der Waals surface area contributed by atoms with Gasteiger partial charge < -0.3 is 19.5 Å². The fourth-order valence-electron chi connectivity index (χ4n) is 2.40. The molecule has 1 unspecified atom stereocenters. The molecule has 0 bridgehead atoms. The molecule has 0 aromatic heterocycles. The Morgan fingerprint density at radius 3 is 2.29 bits per heavy atom.